The van der Waals surface area contributed by atoms with Crippen LogP contribution in [0, 0.1) is 0 Å². The van der Waals surface area contributed by atoms with E-state index in [0.29, 0.717) is 16.7 Å². The monoisotopic (exact) mass is 317 g/mol. The lowest BCUT2D eigenvalue weighted by molar-refractivity contribution is -0.0511. The molecule has 2 rings (SSSR count). The SMILES string of the molecule is COc1cc2c(NC(C)C)nc(Cl)nc2cc1OC(F)F. The van der Waals surface area contributed by atoms with Gasteiger partial charge in [-0.15, -0.1) is 0 Å². The third kappa shape index (κ3) is 3.60. The van der Waals surface area contributed by atoms with Crippen molar-refractivity contribution in [2.75, 3.05) is 12.4 Å². The van der Waals surface area contributed by atoms with Gasteiger partial charge in [-0.25, -0.2) is 9.97 Å². The summed E-state index contributed by atoms with van der Waals surface area (Å²) in [6.07, 6.45) is 0. The highest BCUT2D eigenvalue weighted by Gasteiger charge is 2.16. The van der Waals surface area contributed by atoms with Crippen LogP contribution in [0.25, 0.3) is 10.9 Å². The van der Waals surface area contributed by atoms with Gasteiger partial charge in [-0.2, -0.15) is 8.78 Å². The normalized spacial score (nSPS) is 11.2. The van der Waals surface area contributed by atoms with E-state index >= 15 is 0 Å². The first-order chi connectivity index (χ1) is 9.90. The molecule has 0 bridgehead atoms. The van der Waals surface area contributed by atoms with Crippen molar-refractivity contribution in [3.8, 4) is 11.5 Å². The second kappa shape index (κ2) is 6.26. The van der Waals surface area contributed by atoms with E-state index in [1.54, 1.807) is 0 Å². The average molecular weight is 318 g/mol. The van der Waals surface area contributed by atoms with Crippen LogP contribution < -0.4 is 14.8 Å². The van der Waals surface area contributed by atoms with Crippen molar-refractivity contribution in [1.82, 2.24) is 9.97 Å². The molecule has 0 amide bonds. The minimum atomic E-state index is -2.96. The Morgan fingerprint density at radius 1 is 1.19 bits per heavy atom. The van der Waals surface area contributed by atoms with E-state index in [9.17, 15) is 8.78 Å². The molecule has 114 valence electrons. The van der Waals surface area contributed by atoms with Crippen molar-refractivity contribution in [3.63, 3.8) is 0 Å². The maximum Gasteiger partial charge on any atom is 0.387 e. The van der Waals surface area contributed by atoms with Crippen LogP contribution in [0.5, 0.6) is 11.5 Å². The van der Waals surface area contributed by atoms with E-state index in [1.807, 2.05) is 13.8 Å². The fourth-order valence-corrected chi connectivity index (χ4v) is 2.01. The Bertz CT molecular complexity index is 653. The molecule has 0 saturated heterocycles. The molecule has 0 spiro atoms. The van der Waals surface area contributed by atoms with Crippen LogP contribution in [0.1, 0.15) is 13.8 Å². The lowest BCUT2D eigenvalue weighted by atomic mass is 10.2. The molecule has 0 aliphatic rings. The van der Waals surface area contributed by atoms with Crippen molar-refractivity contribution < 1.29 is 18.3 Å². The van der Waals surface area contributed by atoms with Crippen molar-refractivity contribution >= 4 is 28.3 Å². The Labute approximate surface area is 125 Å². The molecule has 0 saturated carbocycles. The van der Waals surface area contributed by atoms with Gasteiger partial charge in [-0.05, 0) is 31.5 Å². The standard InChI is InChI=1S/C13H14ClF2N3O2/c1-6(2)17-11-7-4-9(20-3)10(21-13(15)16)5-8(7)18-12(14)19-11/h4-6,13H,1-3H3,(H,17,18,19). The predicted molar refractivity (Wildman–Crippen MR) is 76.5 cm³/mol. The molecule has 0 aliphatic carbocycles. The molecule has 1 heterocycles. The highest BCUT2D eigenvalue weighted by atomic mass is 35.5. The van der Waals surface area contributed by atoms with E-state index in [4.69, 9.17) is 16.3 Å². The summed E-state index contributed by atoms with van der Waals surface area (Å²) in [5.74, 6) is 0.563. The molecule has 1 aromatic heterocycles. The van der Waals surface area contributed by atoms with Crippen LogP contribution in [0.2, 0.25) is 5.28 Å². The van der Waals surface area contributed by atoms with Gasteiger partial charge in [0.15, 0.2) is 11.5 Å². The summed E-state index contributed by atoms with van der Waals surface area (Å²) >= 11 is 5.86. The summed E-state index contributed by atoms with van der Waals surface area (Å²) in [5, 5.41) is 3.74. The lowest BCUT2D eigenvalue weighted by Gasteiger charge is -2.15. The number of anilines is 1. The average Bonchev–Trinajstić information content (AvgIpc) is 2.36. The lowest BCUT2D eigenvalue weighted by Crippen LogP contribution is -2.12. The van der Waals surface area contributed by atoms with Crippen LogP contribution in [0.4, 0.5) is 14.6 Å². The third-order valence-electron chi connectivity index (χ3n) is 2.60. The molecule has 0 atom stereocenters. The number of methoxy groups -OCH3 is 1. The zero-order valence-electron chi connectivity index (χ0n) is 11.7. The Kier molecular flexibility index (Phi) is 4.62. The number of hydrogen-bond acceptors (Lipinski definition) is 5. The van der Waals surface area contributed by atoms with Crippen molar-refractivity contribution in [3.05, 3.63) is 17.4 Å². The number of alkyl halides is 2. The third-order valence-corrected chi connectivity index (χ3v) is 2.76. The fraction of sp³-hybridized carbons (Fsp3) is 0.385. The van der Waals surface area contributed by atoms with Gasteiger partial charge in [-0.1, -0.05) is 0 Å². The van der Waals surface area contributed by atoms with Gasteiger partial charge in [0.25, 0.3) is 0 Å². The number of nitrogens with zero attached hydrogens (tertiary/aromatic N) is 2. The molecular formula is C13H14ClF2N3O2. The first-order valence-electron chi connectivity index (χ1n) is 6.17. The van der Waals surface area contributed by atoms with Crippen LogP contribution in [0.15, 0.2) is 12.1 Å². The number of hydrogen-bond donors (Lipinski definition) is 1. The summed E-state index contributed by atoms with van der Waals surface area (Å²) < 4.78 is 34.3. The molecule has 0 unspecified atom stereocenters. The van der Waals surface area contributed by atoms with Gasteiger partial charge < -0.3 is 14.8 Å². The van der Waals surface area contributed by atoms with Crippen LogP contribution in [0.3, 0.4) is 0 Å². The number of benzene rings is 1. The summed E-state index contributed by atoms with van der Waals surface area (Å²) in [7, 11) is 1.37. The van der Waals surface area contributed by atoms with Crippen molar-refractivity contribution in [2.24, 2.45) is 0 Å². The van der Waals surface area contributed by atoms with Crippen LogP contribution in [-0.2, 0) is 0 Å². The molecule has 21 heavy (non-hydrogen) atoms. The second-order valence-corrected chi connectivity index (χ2v) is 4.88. The molecule has 5 nitrogen and oxygen atoms in total. The van der Waals surface area contributed by atoms with Gasteiger partial charge >= 0.3 is 6.61 Å². The number of halogens is 3. The maximum atomic E-state index is 12.4. The molecule has 2 aromatic rings. The first-order valence-corrected chi connectivity index (χ1v) is 6.55. The van der Waals surface area contributed by atoms with Gasteiger partial charge in [0.05, 0.1) is 12.6 Å². The fourth-order valence-electron chi connectivity index (χ4n) is 1.84. The number of ether oxygens (including phenoxy) is 2. The highest BCUT2D eigenvalue weighted by Crippen LogP contribution is 2.35. The Balaban J connectivity index is 2.62. The summed E-state index contributed by atoms with van der Waals surface area (Å²) in [6, 6.07) is 3.00. The van der Waals surface area contributed by atoms with E-state index in [2.05, 4.69) is 20.0 Å². The van der Waals surface area contributed by atoms with Crippen molar-refractivity contribution in [2.45, 2.75) is 26.5 Å². The molecule has 8 heteroatoms. The summed E-state index contributed by atoms with van der Waals surface area (Å²) in [4.78, 5) is 8.13. The number of rotatable bonds is 5. The minimum absolute atomic E-state index is 0.0128. The summed E-state index contributed by atoms with van der Waals surface area (Å²) in [5.41, 5.74) is 0.384. The van der Waals surface area contributed by atoms with E-state index in [1.165, 1.54) is 19.2 Å². The van der Waals surface area contributed by atoms with Gasteiger partial charge in [-0.3, -0.25) is 0 Å². The first kappa shape index (κ1) is 15.5. The molecular weight excluding hydrogens is 304 g/mol. The molecule has 1 aromatic carbocycles. The molecule has 0 aliphatic heterocycles. The van der Waals surface area contributed by atoms with Gasteiger partial charge in [0.1, 0.15) is 5.82 Å². The zero-order valence-corrected chi connectivity index (χ0v) is 12.4. The molecule has 0 fully saturated rings. The maximum absolute atomic E-state index is 12.4. The van der Waals surface area contributed by atoms with E-state index < -0.39 is 6.61 Å². The number of fused-ring (bicyclic) bond motifs is 1. The van der Waals surface area contributed by atoms with Crippen LogP contribution >= 0.6 is 11.6 Å². The highest BCUT2D eigenvalue weighted by molar-refractivity contribution is 6.28. The zero-order chi connectivity index (χ0) is 15.6. The van der Waals surface area contributed by atoms with Crippen LogP contribution in [-0.4, -0.2) is 29.7 Å². The number of aromatic nitrogens is 2. The quantitative estimate of drug-likeness (QED) is 0.852. The Morgan fingerprint density at radius 3 is 2.48 bits per heavy atom. The van der Waals surface area contributed by atoms with E-state index in [0.717, 1.165) is 0 Å². The van der Waals surface area contributed by atoms with Crippen molar-refractivity contribution in [1.29, 1.82) is 0 Å². The smallest absolute Gasteiger partial charge is 0.387 e. The largest absolute Gasteiger partial charge is 0.493 e. The molecule has 0 radical (unpaired) electrons. The predicted octanol–water partition coefficient (Wildman–Crippen LogP) is 3.71. The number of nitrogens with one attached hydrogen (secondary N) is 1. The Morgan fingerprint density at radius 2 is 1.90 bits per heavy atom. The van der Waals surface area contributed by atoms with E-state index in [-0.39, 0.29) is 22.8 Å². The topological polar surface area (TPSA) is 56.3 Å². The molecule has 1 N–H and O–H groups in total. The Hall–Kier alpha value is -1.89. The van der Waals surface area contributed by atoms with Gasteiger partial charge in [0, 0.05) is 17.5 Å². The minimum Gasteiger partial charge on any atom is -0.493 e. The second-order valence-electron chi connectivity index (χ2n) is 4.54. The summed E-state index contributed by atoms with van der Waals surface area (Å²) in [6.45, 7) is 0.919. The van der Waals surface area contributed by atoms with Gasteiger partial charge in [0.2, 0.25) is 5.28 Å².